The van der Waals surface area contributed by atoms with Crippen molar-refractivity contribution in [3.63, 3.8) is 0 Å². The molecule has 0 aromatic rings. The number of carbonyl (C=O) groups is 3. The van der Waals surface area contributed by atoms with Crippen molar-refractivity contribution in [2.45, 2.75) is 27.2 Å². The van der Waals surface area contributed by atoms with E-state index >= 15 is 0 Å². The summed E-state index contributed by atoms with van der Waals surface area (Å²) >= 11 is 0. The third kappa shape index (κ3) is 4.26. The van der Waals surface area contributed by atoms with E-state index in [4.69, 9.17) is 5.11 Å². The van der Waals surface area contributed by atoms with Gasteiger partial charge in [-0.1, -0.05) is 20.8 Å². The summed E-state index contributed by atoms with van der Waals surface area (Å²) in [5, 5.41) is 8.91. The van der Waals surface area contributed by atoms with Crippen LogP contribution < -0.4 is 0 Å². The smallest absolute Gasteiger partial charge is 0.372 e. The number of ether oxygens (including phenoxy) is 2. The molecule has 0 rings (SSSR count). The Morgan fingerprint density at radius 2 is 1.76 bits per heavy atom. The van der Waals surface area contributed by atoms with E-state index in [1.807, 2.05) is 0 Å². The van der Waals surface area contributed by atoms with Gasteiger partial charge in [-0.05, 0) is 6.42 Å². The van der Waals surface area contributed by atoms with Gasteiger partial charge < -0.3 is 14.6 Å². The van der Waals surface area contributed by atoms with Crippen molar-refractivity contribution >= 4 is 17.9 Å². The molecule has 6 nitrogen and oxygen atoms in total. The summed E-state index contributed by atoms with van der Waals surface area (Å²) < 4.78 is 9.11. The number of hydrogen-bond acceptors (Lipinski definition) is 5. The van der Waals surface area contributed by atoms with E-state index in [9.17, 15) is 14.4 Å². The average Bonchev–Trinajstić information content (AvgIpc) is 2.27. The Morgan fingerprint density at radius 1 is 1.24 bits per heavy atom. The highest BCUT2D eigenvalue weighted by molar-refractivity contribution is 5.99. The van der Waals surface area contributed by atoms with Gasteiger partial charge in [0.15, 0.2) is 0 Å². The van der Waals surface area contributed by atoms with Crippen molar-refractivity contribution in [3.8, 4) is 0 Å². The summed E-state index contributed by atoms with van der Waals surface area (Å²) in [4.78, 5) is 33.6. The first kappa shape index (κ1) is 15.2. The van der Waals surface area contributed by atoms with Gasteiger partial charge in [0.25, 0.3) is 0 Å². The second-order valence-corrected chi connectivity index (χ2v) is 3.53. The molecular formula is C11H16O6. The molecule has 0 unspecified atom stereocenters. The number of carbonyl (C=O) groups excluding carboxylic acids is 2. The quantitative estimate of drug-likeness (QED) is 0.442. The maximum Gasteiger partial charge on any atom is 0.372 e. The summed E-state index contributed by atoms with van der Waals surface area (Å²) in [6.07, 6.45) is 0.0969. The van der Waals surface area contributed by atoms with E-state index in [-0.39, 0.29) is 12.0 Å². The van der Waals surface area contributed by atoms with E-state index in [2.05, 4.69) is 9.47 Å². The van der Waals surface area contributed by atoms with E-state index in [1.54, 1.807) is 20.8 Å². The van der Waals surface area contributed by atoms with Crippen LogP contribution in [0.5, 0.6) is 0 Å². The number of methoxy groups -OCH3 is 1. The van der Waals surface area contributed by atoms with Crippen LogP contribution in [0.1, 0.15) is 27.2 Å². The molecule has 0 aromatic carbocycles. The molecule has 0 atom stereocenters. The molecule has 0 radical (unpaired) electrons. The van der Waals surface area contributed by atoms with E-state index in [1.165, 1.54) is 0 Å². The molecule has 0 saturated carbocycles. The van der Waals surface area contributed by atoms with Gasteiger partial charge in [-0.3, -0.25) is 4.79 Å². The van der Waals surface area contributed by atoms with Crippen LogP contribution in [0.2, 0.25) is 0 Å². The Hall–Kier alpha value is -1.85. The number of carboxylic acid groups (broad SMARTS) is 1. The number of esters is 2. The molecule has 0 aliphatic carbocycles. The maximum absolute atomic E-state index is 11.3. The van der Waals surface area contributed by atoms with Crippen molar-refractivity contribution in [2.24, 2.45) is 5.92 Å². The minimum absolute atomic E-state index is 0.0969. The number of aliphatic carboxylic acids is 1. The fourth-order valence-corrected chi connectivity index (χ4v) is 0.974. The Balaban J connectivity index is 5.31. The lowest BCUT2D eigenvalue weighted by Gasteiger charge is -2.10. The molecule has 0 aliphatic heterocycles. The molecule has 0 amide bonds. The molecule has 1 N–H and O–H groups in total. The zero-order valence-electron chi connectivity index (χ0n) is 10.3. The van der Waals surface area contributed by atoms with Crippen molar-refractivity contribution in [1.82, 2.24) is 0 Å². The predicted octanol–water partition coefficient (Wildman–Crippen LogP) is 1.11. The van der Waals surface area contributed by atoms with Crippen LogP contribution in [0.15, 0.2) is 11.3 Å². The Bertz CT molecular complexity index is 353. The normalized spacial score (nSPS) is 11.8. The highest BCUT2D eigenvalue weighted by Gasteiger charge is 2.25. The van der Waals surface area contributed by atoms with Gasteiger partial charge in [-0.15, -0.1) is 0 Å². The first-order chi connectivity index (χ1) is 7.84. The van der Waals surface area contributed by atoms with Gasteiger partial charge in [0, 0.05) is 0 Å². The monoisotopic (exact) mass is 244 g/mol. The fraction of sp³-hybridized carbons (Fsp3) is 0.545. The molecular weight excluding hydrogens is 228 g/mol. The van der Waals surface area contributed by atoms with Crippen molar-refractivity contribution < 1.29 is 29.0 Å². The third-order valence-corrected chi connectivity index (χ3v) is 1.93. The van der Waals surface area contributed by atoms with Crippen molar-refractivity contribution in [1.29, 1.82) is 0 Å². The molecule has 0 spiro atoms. The van der Waals surface area contributed by atoms with Crippen LogP contribution in [-0.2, 0) is 23.9 Å². The second-order valence-electron chi connectivity index (χ2n) is 3.53. The number of rotatable bonds is 5. The topological polar surface area (TPSA) is 89.9 Å². The molecule has 0 aromatic heterocycles. The van der Waals surface area contributed by atoms with Gasteiger partial charge in [-0.2, -0.15) is 0 Å². The van der Waals surface area contributed by atoms with Gasteiger partial charge >= 0.3 is 17.9 Å². The first-order valence-electron chi connectivity index (χ1n) is 5.11. The lowest BCUT2D eigenvalue weighted by atomic mass is 10.1. The zero-order chi connectivity index (χ0) is 13.6. The maximum atomic E-state index is 11.3. The van der Waals surface area contributed by atoms with Crippen molar-refractivity contribution in [3.05, 3.63) is 11.3 Å². The molecule has 6 heteroatoms. The standard InChI is InChI=1S/C11H16O6/c1-5-7(11(15)16-4)8(9(12)13)17-10(14)6(2)3/h6H,5H2,1-4H3,(H,12,13)/b8-7+. The summed E-state index contributed by atoms with van der Waals surface area (Å²) in [7, 11) is 1.13. The van der Waals surface area contributed by atoms with Gasteiger partial charge in [0.1, 0.15) is 0 Å². The van der Waals surface area contributed by atoms with Crippen LogP contribution in [0.4, 0.5) is 0 Å². The van der Waals surface area contributed by atoms with Gasteiger partial charge in [0.2, 0.25) is 5.76 Å². The summed E-state index contributed by atoms with van der Waals surface area (Å²) in [6, 6.07) is 0. The van der Waals surface area contributed by atoms with Gasteiger partial charge in [0.05, 0.1) is 18.6 Å². The first-order valence-corrected chi connectivity index (χ1v) is 5.11. The van der Waals surface area contributed by atoms with E-state index in [0.717, 1.165) is 7.11 Å². The number of hydrogen-bond donors (Lipinski definition) is 1. The third-order valence-electron chi connectivity index (χ3n) is 1.93. The van der Waals surface area contributed by atoms with Crippen LogP contribution in [0.25, 0.3) is 0 Å². The molecule has 0 bridgehead atoms. The van der Waals surface area contributed by atoms with Crippen LogP contribution in [0, 0.1) is 5.92 Å². The molecule has 0 aliphatic rings. The highest BCUT2D eigenvalue weighted by atomic mass is 16.6. The lowest BCUT2D eigenvalue weighted by molar-refractivity contribution is -0.151. The molecule has 0 heterocycles. The average molecular weight is 244 g/mol. The Kier molecular flexibility index (Phi) is 5.95. The van der Waals surface area contributed by atoms with Crippen molar-refractivity contribution in [2.75, 3.05) is 7.11 Å². The second kappa shape index (κ2) is 6.67. The minimum atomic E-state index is -1.47. The van der Waals surface area contributed by atoms with E-state index in [0.29, 0.717) is 0 Å². The van der Waals surface area contributed by atoms with E-state index < -0.39 is 29.6 Å². The molecule has 0 saturated heterocycles. The number of carboxylic acids is 1. The summed E-state index contributed by atoms with van der Waals surface area (Å²) in [5.41, 5.74) is -0.172. The molecule has 96 valence electrons. The fourth-order valence-electron chi connectivity index (χ4n) is 0.974. The minimum Gasteiger partial charge on any atom is -0.475 e. The SMILES string of the molecule is CC/C(C(=O)OC)=C(\OC(=O)C(C)C)C(=O)O. The highest BCUT2D eigenvalue weighted by Crippen LogP contribution is 2.14. The van der Waals surface area contributed by atoms with Crippen LogP contribution >= 0.6 is 0 Å². The largest absolute Gasteiger partial charge is 0.475 e. The van der Waals surface area contributed by atoms with Crippen LogP contribution in [0.3, 0.4) is 0 Å². The zero-order valence-corrected chi connectivity index (χ0v) is 10.3. The summed E-state index contributed by atoms with van der Waals surface area (Å²) in [5.74, 6) is -4.15. The molecule has 17 heavy (non-hydrogen) atoms. The lowest BCUT2D eigenvalue weighted by Crippen LogP contribution is -2.20. The van der Waals surface area contributed by atoms with Crippen LogP contribution in [-0.4, -0.2) is 30.1 Å². The summed E-state index contributed by atoms with van der Waals surface area (Å²) in [6.45, 7) is 4.69. The molecule has 0 fully saturated rings. The Labute approximate surface area is 99.2 Å². The van der Waals surface area contributed by atoms with Gasteiger partial charge in [-0.25, -0.2) is 9.59 Å². The Morgan fingerprint density at radius 3 is 2.06 bits per heavy atom. The predicted molar refractivity (Wildman–Crippen MR) is 57.9 cm³/mol.